The van der Waals surface area contributed by atoms with Gasteiger partial charge >= 0.3 is 5.70 Å². The third kappa shape index (κ3) is 3.85. The van der Waals surface area contributed by atoms with Crippen LogP contribution in [0.15, 0.2) is 18.9 Å². The van der Waals surface area contributed by atoms with Crippen LogP contribution in [0.5, 0.6) is 0 Å². The Bertz CT molecular complexity index is 334. The molecule has 0 aromatic carbocycles. The van der Waals surface area contributed by atoms with Crippen LogP contribution >= 0.6 is 62.7 Å². The summed E-state index contributed by atoms with van der Waals surface area (Å²) in [5.41, 5.74) is -0.103. The van der Waals surface area contributed by atoms with Crippen LogP contribution in [0.2, 0.25) is 0 Å². The fraction of sp³-hybridized carbons (Fsp3) is 0.429. The lowest BCUT2D eigenvalue weighted by Crippen LogP contribution is -2.04. The quantitative estimate of drug-likeness (QED) is 0.548. The van der Waals surface area contributed by atoms with Crippen molar-refractivity contribution in [1.82, 2.24) is 0 Å². The molecule has 15 heavy (non-hydrogen) atoms. The minimum absolute atomic E-state index is 0.0430. The van der Waals surface area contributed by atoms with Crippen molar-refractivity contribution >= 4 is 62.7 Å². The molecule has 0 atom stereocenters. The van der Waals surface area contributed by atoms with Crippen molar-refractivity contribution in [2.24, 2.45) is 0 Å². The SMILES string of the molecule is O=[N+]([O-])C(=C1SCCCS1)/C(Cl)=C(\Cl)Br. The van der Waals surface area contributed by atoms with E-state index in [4.69, 9.17) is 23.2 Å². The molecular formula is C7H6BrCl2NO2S2. The molecule has 0 aromatic heterocycles. The standard InChI is InChI=1S/C7H6BrCl2NO2S2/c8-6(10)4(9)5(11(12)13)7-14-2-1-3-15-7/h1-3H2/b6-4+. The zero-order valence-electron chi connectivity index (χ0n) is 7.34. The molecule has 84 valence electrons. The third-order valence-electron chi connectivity index (χ3n) is 1.50. The second kappa shape index (κ2) is 6.39. The summed E-state index contributed by atoms with van der Waals surface area (Å²) in [7, 11) is 0. The first-order valence-electron chi connectivity index (χ1n) is 3.89. The van der Waals surface area contributed by atoms with E-state index in [1.807, 2.05) is 0 Å². The summed E-state index contributed by atoms with van der Waals surface area (Å²) in [6.07, 6.45) is 1.05. The largest absolute Gasteiger partial charge is 0.309 e. The van der Waals surface area contributed by atoms with Crippen LogP contribution in [0.25, 0.3) is 0 Å². The van der Waals surface area contributed by atoms with E-state index in [2.05, 4.69) is 15.9 Å². The Balaban J connectivity index is 3.11. The number of rotatable bonds is 2. The predicted octanol–water partition coefficient (Wildman–Crippen LogP) is 4.34. The fourth-order valence-electron chi connectivity index (χ4n) is 0.901. The topological polar surface area (TPSA) is 43.1 Å². The van der Waals surface area contributed by atoms with E-state index in [0.29, 0.717) is 4.24 Å². The molecule has 0 aromatic rings. The number of nitrogens with zero attached hydrogens (tertiary/aromatic N) is 1. The molecule has 0 saturated carbocycles. The normalized spacial score (nSPS) is 18.5. The maximum atomic E-state index is 10.9. The Morgan fingerprint density at radius 3 is 2.33 bits per heavy atom. The first-order valence-corrected chi connectivity index (χ1v) is 7.41. The molecule has 1 heterocycles. The van der Waals surface area contributed by atoms with Gasteiger partial charge in [0.15, 0.2) is 0 Å². The average Bonchev–Trinajstić information content (AvgIpc) is 2.18. The van der Waals surface area contributed by atoms with Gasteiger partial charge in [0, 0.05) is 0 Å². The van der Waals surface area contributed by atoms with Crippen molar-refractivity contribution in [3.05, 3.63) is 29.0 Å². The first-order chi connectivity index (χ1) is 7.04. The van der Waals surface area contributed by atoms with Crippen LogP contribution in [-0.4, -0.2) is 16.4 Å². The van der Waals surface area contributed by atoms with Gasteiger partial charge in [0.2, 0.25) is 0 Å². The van der Waals surface area contributed by atoms with Crippen LogP contribution in [-0.2, 0) is 0 Å². The van der Waals surface area contributed by atoms with Gasteiger partial charge in [-0.05, 0) is 33.9 Å². The molecule has 3 nitrogen and oxygen atoms in total. The number of hydrogen-bond donors (Lipinski definition) is 0. The van der Waals surface area contributed by atoms with E-state index in [1.54, 1.807) is 0 Å². The van der Waals surface area contributed by atoms with Gasteiger partial charge in [-0.15, -0.1) is 23.5 Å². The van der Waals surface area contributed by atoms with E-state index < -0.39 is 4.92 Å². The number of hydrogen-bond acceptors (Lipinski definition) is 4. The average molecular weight is 351 g/mol. The summed E-state index contributed by atoms with van der Waals surface area (Å²) in [4.78, 5) is 10.4. The van der Waals surface area contributed by atoms with Gasteiger partial charge < -0.3 is 0 Å². The molecule has 1 saturated heterocycles. The first kappa shape index (κ1) is 13.7. The Morgan fingerprint density at radius 2 is 1.93 bits per heavy atom. The Kier molecular flexibility index (Phi) is 5.84. The Hall–Kier alpha value is 0.640. The van der Waals surface area contributed by atoms with Gasteiger partial charge in [0.1, 0.15) is 13.2 Å². The number of allylic oxidation sites excluding steroid dienone is 1. The lowest BCUT2D eigenvalue weighted by Gasteiger charge is -2.12. The molecule has 0 radical (unpaired) electrons. The van der Waals surface area contributed by atoms with Gasteiger partial charge in [-0.3, -0.25) is 10.1 Å². The summed E-state index contributed by atoms with van der Waals surface area (Å²) >= 11 is 17.2. The fourth-order valence-corrected chi connectivity index (χ4v) is 4.04. The van der Waals surface area contributed by atoms with E-state index in [-0.39, 0.29) is 14.7 Å². The highest BCUT2D eigenvalue weighted by Gasteiger charge is 2.26. The Labute approximate surface area is 114 Å². The highest BCUT2D eigenvalue weighted by molar-refractivity contribution is 9.12. The lowest BCUT2D eigenvalue weighted by molar-refractivity contribution is -0.419. The smallest absolute Gasteiger partial charge is 0.258 e. The van der Waals surface area contributed by atoms with Gasteiger partial charge in [0.05, 0.1) is 4.92 Å². The molecule has 0 amide bonds. The van der Waals surface area contributed by atoms with Crippen LogP contribution < -0.4 is 0 Å². The van der Waals surface area contributed by atoms with Gasteiger partial charge in [-0.1, -0.05) is 23.2 Å². The van der Waals surface area contributed by atoms with Crippen molar-refractivity contribution in [2.45, 2.75) is 6.42 Å². The van der Waals surface area contributed by atoms with Gasteiger partial charge in [-0.25, -0.2) is 0 Å². The third-order valence-corrected chi connectivity index (χ3v) is 5.39. The second-order valence-electron chi connectivity index (χ2n) is 2.52. The van der Waals surface area contributed by atoms with Crippen molar-refractivity contribution in [2.75, 3.05) is 11.5 Å². The number of nitro groups is 1. The van der Waals surface area contributed by atoms with Crippen molar-refractivity contribution in [3.8, 4) is 0 Å². The maximum Gasteiger partial charge on any atom is 0.309 e. The minimum atomic E-state index is -0.493. The molecule has 8 heteroatoms. The second-order valence-corrected chi connectivity index (χ2v) is 6.99. The summed E-state index contributed by atoms with van der Waals surface area (Å²) in [5, 5.41) is 10.8. The molecule has 0 N–H and O–H groups in total. The van der Waals surface area contributed by atoms with E-state index >= 15 is 0 Å². The molecule has 0 aliphatic carbocycles. The maximum absolute atomic E-state index is 10.9. The van der Waals surface area contributed by atoms with E-state index in [1.165, 1.54) is 23.5 Å². The van der Waals surface area contributed by atoms with Gasteiger partial charge in [-0.2, -0.15) is 0 Å². The highest BCUT2D eigenvalue weighted by Crippen LogP contribution is 2.41. The molecule has 0 spiro atoms. The van der Waals surface area contributed by atoms with Gasteiger partial charge in [0.25, 0.3) is 0 Å². The summed E-state index contributed by atoms with van der Waals surface area (Å²) in [5.74, 6) is 1.76. The Morgan fingerprint density at radius 1 is 1.40 bits per heavy atom. The monoisotopic (exact) mass is 349 g/mol. The number of halogens is 3. The zero-order chi connectivity index (χ0) is 11.4. The minimum Gasteiger partial charge on any atom is -0.258 e. The van der Waals surface area contributed by atoms with Crippen molar-refractivity contribution in [3.63, 3.8) is 0 Å². The summed E-state index contributed by atoms with van der Waals surface area (Å²) < 4.78 is 0.698. The lowest BCUT2D eigenvalue weighted by atomic mass is 10.5. The van der Waals surface area contributed by atoms with Crippen LogP contribution in [0, 0.1) is 10.1 Å². The van der Waals surface area contributed by atoms with E-state index in [0.717, 1.165) is 17.9 Å². The molecule has 1 aliphatic rings. The zero-order valence-corrected chi connectivity index (χ0v) is 12.1. The van der Waals surface area contributed by atoms with E-state index in [9.17, 15) is 10.1 Å². The molecular weight excluding hydrogens is 345 g/mol. The highest BCUT2D eigenvalue weighted by atomic mass is 79.9. The predicted molar refractivity (Wildman–Crippen MR) is 71.2 cm³/mol. The van der Waals surface area contributed by atoms with Crippen LogP contribution in [0.1, 0.15) is 6.42 Å². The molecule has 0 unspecified atom stereocenters. The molecule has 1 aliphatic heterocycles. The van der Waals surface area contributed by atoms with Crippen molar-refractivity contribution < 1.29 is 4.92 Å². The van der Waals surface area contributed by atoms with Crippen LogP contribution in [0.4, 0.5) is 0 Å². The molecule has 1 fully saturated rings. The summed E-state index contributed by atoms with van der Waals surface area (Å²) in [6.45, 7) is 0. The number of thioether (sulfide) groups is 2. The van der Waals surface area contributed by atoms with Crippen LogP contribution in [0.3, 0.4) is 0 Å². The molecule has 0 bridgehead atoms. The summed E-state index contributed by atoms with van der Waals surface area (Å²) in [6, 6.07) is 0. The van der Waals surface area contributed by atoms with Crippen molar-refractivity contribution in [1.29, 1.82) is 0 Å². The molecule has 1 rings (SSSR count).